The Morgan fingerprint density at radius 2 is 2.17 bits per heavy atom. The number of nitriles is 1. The van der Waals surface area contributed by atoms with Gasteiger partial charge in [0.2, 0.25) is 0 Å². The van der Waals surface area contributed by atoms with Crippen molar-refractivity contribution in [1.29, 1.82) is 5.26 Å². The lowest BCUT2D eigenvalue weighted by Crippen LogP contribution is -1.99. The number of pyridine rings is 1. The third-order valence-electron chi connectivity index (χ3n) is 3.59. The molecule has 3 rings (SSSR count). The molecule has 0 amide bonds. The van der Waals surface area contributed by atoms with E-state index in [-0.39, 0.29) is 5.57 Å². The number of hydrogen-bond acceptors (Lipinski definition) is 3. The zero-order chi connectivity index (χ0) is 17.1. The molecule has 2 heterocycles. The molecule has 0 aliphatic carbocycles. The molecule has 0 spiro atoms. The molecule has 0 fully saturated rings. The summed E-state index contributed by atoms with van der Waals surface area (Å²) < 4.78 is 2.83. The number of benzene rings is 1. The third-order valence-corrected chi connectivity index (χ3v) is 4.25. The maximum Gasteiger partial charge on any atom is 0.346 e. The van der Waals surface area contributed by atoms with Crippen LogP contribution in [0, 0.1) is 11.3 Å². The SMILES string of the molecule is N#C/C(=C\c1cn(Cc2ccccn2)c2cccc(Br)c12)C(=O)O. The summed E-state index contributed by atoms with van der Waals surface area (Å²) in [6.45, 7) is 0.552. The molecule has 3 aromatic rings. The van der Waals surface area contributed by atoms with Crippen LogP contribution in [-0.4, -0.2) is 20.6 Å². The van der Waals surface area contributed by atoms with E-state index in [0.29, 0.717) is 12.1 Å². The summed E-state index contributed by atoms with van der Waals surface area (Å²) in [4.78, 5) is 15.5. The fourth-order valence-corrected chi connectivity index (χ4v) is 3.13. The molecule has 0 unspecified atom stereocenters. The van der Waals surface area contributed by atoms with Crippen LogP contribution in [0.5, 0.6) is 0 Å². The van der Waals surface area contributed by atoms with Gasteiger partial charge in [0.15, 0.2) is 0 Å². The van der Waals surface area contributed by atoms with Gasteiger partial charge in [-0.3, -0.25) is 4.98 Å². The smallest absolute Gasteiger partial charge is 0.346 e. The number of carboxylic acid groups (broad SMARTS) is 1. The van der Waals surface area contributed by atoms with E-state index in [1.807, 2.05) is 47.2 Å². The summed E-state index contributed by atoms with van der Waals surface area (Å²) in [7, 11) is 0. The van der Waals surface area contributed by atoms with Crippen molar-refractivity contribution in [2.24, 2.45) is 0 Å². The minimum Gasteiger partial charge on any atom is -0.477 e. The fourth-order valence-electron chi connectivity index (χ4n) is 2.54. The quantitative estimate of drug-likeness (QED) is 0.549. The van der Waals surface area contributed by atoms with Crippen molar-refractivity contribution in [2.75, 3.05) is 0 Å². The number of halogens is 1. The average Bonchev–Trinajstić information content (AvgIpc) is 2.92. The molecule has 118 valence electrons. The highest BCUT2D eigenvalue weighted by molar-refractivity contribution is 9.10. The van der Waals surface area contributed by atoms with Gasteiger partial charge in [0, 0.05) is 27.8 Å². The molecule has 0 aliphatic heterocycles. The minimum absolute atomic E-state index is 0.303. The predicted molar refractivity (Wildman–Crippen MR) is 94.2 cm³/mol. The zero-order valence-electron chi connectivity index (χ0n) is 12.5. The van der Waals surface area contributed by atoms with Crippen LogP contribution in [0.15, 0.2) is 58.8 Å². The molecule has 0 atom stereocenters. The Morgan fingerprint density at radius 1 is 1.33 bits per heavy atom. The molecule has 0 radical (unpaired) electrons. The number of hydrogen-bond donors (Lipinski definition) is 1. The van der Waals surface area contributed by atoms with Crippen molar-refractivity contribution in [2.45, 2.75) is 6.54 Å². The third kappa shape index (κ3) is 3.07. The van der Waals surface area contributed by atoms with Crippen LogP contribution in [0.1, 0.15) is 11.3 Å². The van der Waals surface area contributed by atoms with Gasteiger partial charge >= 0.3 is 5.97 Å². The van der Waals surface area contributed by atoms with Gasteiger partial charge in [-0.2, -0.15) is 5.26 Å². The Morgan fingerprint density at radius 3 is 2.83 bits per heavy atom. The second-order valence-electron chi connectivity index (χ2n) is 5.14. The maximum atomic E-state index is 11.1. The topological polar surface area (TPSA) is 78.9 Å². The number of nitrogens with zero attached hydrogens (tertiary/aromatic N) is 3. The monoisotopic (exact) mass is 381 g/mol. The van der Waals surface area contributed by atoms with E-state index in [1.54, 1.807) is 12.3 Å². The Hall–Kier alpha value is -2.91. The Kier molecular flexibility index (Phi) is 4.45. The van der Waals surface area contributed by atoms with Crippen LogP contribution in [0.25, 0.3) is 17.0 Å². The van der Waals surface area contributed by atoms with Crippen LogP contribution in [0.4, 0.5) is 0 Å². The van der Waals surface area contributed by atoms with Gasteiger partial charge in [0.25, 0.3) is 0 Å². The Labute approximate surface area is 146 Å². The zero-order valence-corrected chi connectivity index (χ0v) is 14.1. The van der Waals surface area contributed by atoms with Crippen molar-refractivity contribution in [3.8, 4) is 6.07 Å². The standard InChI is InChI=1S/C18H12BrN3O2/c19-15-5-3-6-16-17(15)13(8-12(9-20)18(23)24)10-22(16)11-14-4-1-2-7-21-14/h1-8,10H,11H2,(H,23,24)/b12-8+. The summed E-state index contributed by atoms with van der Waals surface area (Å²) in [6, 6.07) is 13.2. The van der Waals surface area contributed by atoms with E-state index in [4.69, 9.17) is 10.4 Å². The van der Waals surface area contributed by atoms with Gasteiger partial charge < -0.3 is 9.67 Å². The number of carboxylic acids is 1. The summed E-state index contributed by atoms with van der Waals surface area (Å²) >= 11 is 3.51. The second kappa shape index (κ2) is 6.69. The molecule has 2 aromatic heterocycles. The van der Waals surface area contributed by atoms with Crippen molar-refractivity contribution < 1.29 is 9.90 Å². The van der Waals surface area contributed by atoms with Gasteiger partial charge in [0.05, 0.1) is 17.8 Å². The van der Waals surface area contributed by atoms with Gasteiger partial charge in [-0.15, -0.1) is 0 Å². The first-order valence-electron chi connectivity index (χ1n) is 7.12. The first kappa shape index (κ1) is 16.0. The van der Waals surface area contributed by atoms with Crippen LogP contribution in [0.2, 0.25) is 0 Å². The van der Waals surface area contributed by atoms with Crippen LogP contribution in [0.3, 0.4) is 0 Å². The summed E-state index contributed by atoms with van der Waals surface area (Å²) in [5, 5.41) is 19.0. The number of carbonyl (C=O) groups is 1. The molecule has 6 heteroatoms. The minimum atomic E-state index is -1.24. The second-order valence-corrected chi connectivity index (χ2v) is 6.00. The predicted octanol–water partition coefficient (Wildman–Crippen LogP) is 3.84. The van der Waals surface area contributed by atoms with E-state index in [9.17, 15) is 4.79 Å². The highest BCUT2D eigenvalue weighted by Crippen LogP contribution is 2.31. The summed E-state index contributed by atoms with van der Waals surface area (Å²) in [5.41, 5.74) is 2.20. The number of aromatic nitrogens is 2. The Balaban J connectivity index is 2.17. The largest absolute Gasteiger partial charge is 0.477 e. The molecule has 24 heavy (non-hydrogen) atoms. The van der Waals surface area contributed by atoms with Crippen molar-refractivity contribution in [3.05, 3.63) is 70.1 Å². The first-order valence-corrected chi connectivity index (χ1v) is 7.92. The van der Waals surface area contributed by atoms with Crippen LogP contribution in [-0.2, 0) is 11.3 Å². The van der Waals surface area contributed by atoms with Crippen LogP contribution < -0.4 is 0 Å². The average molecular weight is 382 g/mol. The van der Waals surface area contributed by atoms with Gasteiger partial charge in [-0.1, -0.05) is 28.1 Å². The molecular weight excluding hydrogens is 370 g/mol. The molecule has 1 aromatic carbocycles. The first-order chi connectivity index (χ1) is 11.6. The van der Waals surface area contributed by atoms with E-state index in [0.717, 1.165) is 21.1 Å². The number of fused-ring (bicyclic) bond motifs is 1. The molecule has 0 saturated carbocycles. The molecule has 0 saturated heterocycles. The van der Waals surface area contributed by atoms with Gasteiger partial charge in [0.1, 0.15) is 11.6 Å². The van der Waals surface area contributed by atoms with Gasteiger partial charge in [-0.05, 0) is 30.3 Å². The lowest BCUT2D eigenvalue weighted by Gasteiger charge is -2.04. The molecule has 0 aliphatic rings. The van der Waals surface area contributed by atoms with Crippen molar-refractivity contribution in [1.82, 2.24) is 9.55 Å². The highest BCUT2D eigenvalue weighted by Gasteiger charge is 2.13. The van der Waals surface area contributed by atoms with Gasteiger partial charge in [-0.25, -0.2) is 4.79 Å². The van der Waals surface area contributed by atoms with Crippen molar-refractivity contribution in [3.63, 3.8) is 0 Å². The van der Waals surface area contributed by atoms with E-state index < -0.39 is 5.97 Å². The Bertz CT molecular complexity index is 985. The highest BCUT2D eigenvalue weighted by atomic mass is 79.9. The maximum absolute atomic E-state index is 11.1. The van der Waals surface area contributed by atoms with E-state index >= 15 is 0 Å². The molecule has 0 bridgehead atoms. The normalized spacial score (nSPS) is 11.4. The lowest BCUT2D eigenvalue weighted by molar-refractivity contribution is -0.132. The van der Waals surface area contributed by atoms with E-state index in [2.05, 4.69) is 20.9 Å². The van der Waals surface area contributed by atoms with Crippen molar-refractivity contribution >= 4 is 38.9 Å². The fraction of sp³-hybridized carbons (Fsp3) is 0.0556. The van der Waals surface area contributed by atoms with E-state index in [1.165, 1.54) is 6.08 Å². The number of rotatable bonds is 4. The number of aliphatic carboxylic acids is 1. The van der Waals surface area contributed by atoms with Crippen LogP contribution >= 0.6 is 15.9 Å². The molecular formula is C18H12BrN3O2. The lowest BCUT2D eigenvalue weighted by atomic mass is 10.1. The molecule has 1 N–H and O–H groups in total. The summed E-state index contributed by atoms with van der Waals surface area (Å²) in [5.74, 6) is -1.24. The molecule has 5 nitrogen and oxygen atoms in total. The summed E-state index contributed by atoms with van der Waals surface area (Å²) in [6.07, 6.45) is 4.96.